The minimum atomic E-state index is -0.619. The van der Waals surface area contributed by atoms with Crippen LogP contribution in [0.25, 0.3) is 33.5 Å². The lowest BCUT2D eigenvalue weighted by atomic mass is 9.80. The van der Waals surface area contributed by atoms with E-state index in [1.54, 1.807) is 40.1 Å². The third-order valence-electron chi connectivity index (χ3n) is 16.4. The van der Waals surface area contributed by atoms with Gasteiger partial charge in [0.05, 0.1) is 35.8 Å². The van der Waals surface area contributed by atoms with Crippen LogP contribution in [0.15, 0.2) is 47.7 Å². The predicted molar refractivity (Wildman–Crippen MR) is 288 cm³/mol. The first-order chi connectivity index (χ1) is 35.2. The zero-order chi connectivity index (χ0) is 54.5. The zero-order valence-corrected chi connectivity index (χ0v) is 46.0. The Kier molecular flexibility index (Phi) is 16.1. The van der Waals surface area contributed by atoms with Crippen molar-refractivity contribution in [2.75, 3.05) is 0 Å². The average molecular weight is 1040 g/mol. The van der Waals surface area contributed by atoms with Crippen molar-refractivity contribution in [3.8, 4) is 0 Å². The fraction of sp³-hybridized carbons (Fsp3) is 0.722. The smallest absolute Gasteiger partial charge is 0.332 e. The van der Waals surface area contributed by atoms with Gasteiger partial charge < -0.3 is 29.0 Å². The maximum atomic E-state index is 13.0. The molecule has 21 heteroatoms. The molecule has 0 saturated heterocycles. The molecule has 4 aliphatic carbocycles. The second-order valence-corrected chi connectivity index (χ2v) is 24.5. The van der Waals surface area contributed by atoms with E-state index in [-0.39, 0.29) is 51.5 Å². The fourth-order valence-electron chi connectivity index (χ4n) is 11.5. The third-order valence-corrected chi connectivity index (χ3v) is 16.4. The molecule has 0 aliphatic heterocycles. The largest absolute Gasteiger partial charge is 0.390 e. The van der Waals surface area contributed by atoms with Gasteiger partial charge in [-0.05, 0) is 146 Å². The summed E-state index contributed by atoms with van der Waals surface area (Å²) in [4.78, 5) is 89.9. The van der Waals surface area contributed by atoms with Gasteiger partial charge in [-0.15, -0.1) is 0 Å². The summed E-state index contributed by atoms with van der Waals surface area (Å²) in [7, 11) is 5.01. The van der Waals surface area contributed by atoms with Gasteiger partial charge in [0.2, 0.25) is 0 Å². The van der Waals surface area contributed by atoms with Gasteiger partial charge in [-0.2, -0.15) is 0 Å². The van der Waals surface area contributed by atoms with Crippen molar-refractivity contribution < 1.29 is 15.3 Å². The van der Waals surface area contributed by atoms with Crippen molar-refractivity contribution in [3.05, 3.63) is 81.5 Å². The summed E-state index contributed by atoms with van der Waals surface area (Å²) >= 11 is 0. The number of hydrogen-bond donors (Lipinski definition) is 3. The van der Waals surface area contributed by atoms with Gasteiger partial charge in [0, 0.05) is 60.4 Å². The highest BCUT2D eigenvalue weighted by atomic mass is 16.3. The molecule has 4 aliphatic rings. The number of aliphatic hydroxyl groups is 3. The van der Waals surface area contributed by atoms with Crippen molar-refractivity contribution in [2.45, 2.75) is 194 Å². The number of aromatic nitrogens is 12. The van der Waals surface area contributed by atoms with Gasteiger partial charge >= 0.3 is 17.1 Å². The molecule has 0 aromatic carbocycles. The molecule has 0 radical (unpaired) electrons. The third kappa shape index (κ3) is 12.3. The number of rotatable bonds is 12. The number of hydrogen-bond acceptors (Lipinski definition) is 12. The van der Waals surface area contributed by atoms with Crippen LogP contribution >= 0.6 is 0 Å². The first kappa shape index (κ1) is 55.6. The van der Waals surface area contributed by atoms with Crippen LogP contribution in [-0.4, -0.2) is 88.2 Å². The van der Waals surface area contributed by atoms with Crippen LogP contribution in [0.3, 0.4) is 0 Å². The molecule has 6 aromatic heterocycles. The van der Waals surface area contributed by atoms with Crippen molar-refractivity contribution >= 4 is 33.5 Å². The van der Waals surface area contributed by atoms with Crippen LogP contribution in [0.4, 0.5) is 0 Å². The molecule has 6 aromatic rings. The summed E-state index contributed by atoms with van der Waals surface area (Å²) in [6.07, 6.45) is 16.6. The SMILES string of the molecule is CC(C)Cn1cnc2c1c(=O)n(CC1CCC(C)(O)CC1)c(=O)n2C.CC(C)Cn1cnc2c1c(=O)n(CC1CCC(C)(O)CC1)c(=O)n2C.Cn1c(=O)n(CC2CCC(C)(O)CC2)c(=O)c2c1ncn2CC1CC1. The molecule has 10 rings (SSSR count). The highest BCUT2D eigenvalue weighted by Gasteiger charge is 2.33. The van der Waals surface area contributed by atoms with E-state index in [9.17, 15) is 44.1 Å². The Hall–Kier alpha value is -5.67. The first-order valence-electron chi connectivity index (χ1n) is 27.4. The maximum Gasteiger partial charge on any atom is 0.332 e. The molecule has 4 saturated carbocycles. The van der Waals surface area contributed by atoms with Gasteiger partial charge in [-0.1, -0.05) is 27.7 Å². The summed E-state index contributed by atoms with van der Waals surface area (Å²) < 4.78 is 14.1. The Morgan fingerprint density at radius 3 is 0.960 bits per heavy atom. The normalized spacial score (nSPS) is 25.2. The second kappa shape index (κ2) is 21.8. The Morgan fingerprint density at radius 2 is 0.693 bits per heavy atom. The van der Waals surface area contributed by atoms with Crippen LogP contribution < -0.4 is 33.7 Å². The van der Waals surface area contributed by atoms with Gasteiger partial charge in [0.15, 0.2) is 33.5 Å². The second-order valence-electron chi connectivity index (χ2n) is 24.5. The molecule has 412 valence electrons. The topological polar surface area (TPSA) is 246 Å². The van der Waals surface area contributed by atoms with E-state index in [0.717, 1.165) is 45.1 Å². The van der Waals surface area contributed by atoms with Gasteiger partial charge in [-0.25, -0.2) is 29.3 Å². The van der Waals surface area contributed by atoms with Crippen LogP contribution in [0.1, 0.15) is 138 Å². The van der Waals surface area contributed by atoms with E-state index in [1.165, 1.54) is 40.2 Å². The monoisotopic (exact) mass is 1040 g/mol. The van der Waals surface area contributed by atoms with E-state index >= 15 is 0 Å². The minimum absolute atomic E-state index is 0.228. The molecule has 0 atom stereocenters. The lowest BCUT2D eigenvalue weighted by molar-refractivity contribution is 0.00510. The van der Waals surface area contributed by atoms with Gasteiger partial charge in [0.1, 0.15) is 0 Å². The molecule has 0 amide bonds. The lowest BCUT2D eigenvalue weighted by Crippen LogP contribution is -2.42. The van der Waals surface area contributed by atoms with Crippen LogP contribution in [0.5, 0.6) is 0 Å². The number of fused-ring (bicyclic) bond motifs is 3. The molecule has 75 heavy (non-hydrogen) atoms. The van der Waals surface area contributed by atoms with Crippen molar-refractivity contribution in [2.24, 2.45) is 56.7 Å². The van der Waals surface area contributed by atoms with Gasteiger partial charge in [-0.3, -0.25) is 41.8 Å². The Balaban J connectivity index is 0.000000149. The van der Waals surface area contributed by atoms with Crippen molar-refractivity contribution in [1.29, 1.82) is 0 Å². The molecular formula is C54H82N12O9. The van der Waals surface area contributed by atoms with E-state index in [4.69, 9.17) is 0 Å². The molecule has 6 heterocycles. The Labute approximate surface area is 436 Å². The molecule has 0 bridgehead atoms. The fourth-order valence-corrected chi connectivity index (χ4v) is 11.5. The molecular weight excluding hydrogens is 961 g/mol. The van der Waals surface area contributed by atoms with E-state index in [2.05, 4.69) is 42.6 Å². The summed E-state index contributed by atoms with van der Waals surface area (Å²) in [5.74, 6) is 2.12. The van der Waals surface area contributed by atoms with Crippen LogP contribution in [0.2, 0.25) is 0 Å². The van der Waals surface area contributed by atoms with Crippen LogP contribution in [-0.2, 0) is 60.4 Å². The van der Waals surface area contributed by atoms with E-state index < -0.39 is 16.8 Å². The summed E-state index contributed by atoms with van der Waals surface area (Å²) in [5, 5.41) is 30.3. The number of imidazole rings is 3. The van der Waals surface area contributed by atoms with Gasteiger partial charge in [0.25, 0.3) is 16.7 Å². The highest BCUT2D eigenvalue weighted by molar-refractivity contribution is 5.71. The van der Waals surface area contributed by atoms with E-state index in [0.29, 0.717) is 122 Å². The summed E-state index contributed by atoms with van der Waals surface area (Å²) in [6.45, 7) is 17.3. The maximum absolute atomic E-state index is 13.0. The Bertz CT molecular complexity index is 3030. The zero-order valence-electron chi connectivity index (χ0n) is 46.0. The Morgan fingerprint density at radius 1 is 0.440 bits per heavy atom. The predicted octanol–water partition coefficient (Wildman–Crippen LogP) is 4.24. The first-order valence-corrected chi connectivity index (χ1v) is 27.4. The summed E-state index contributed by atoms with van der Waals surface area (Å²) in [6, 6.07) is 0. The lowest BCUT2D eigenvalue weighted by Gasteiger charge is -2.33. The molecule has 21 nitrogen and oxygen atoms in total. The number of nitrogens with zero attached hydrogens (tertiary/aromatic N) is 12. The van der Waals surface area contributed by atoms with Crippen molar-refractivity contribution in [3.63, 3.8) is 0 Å². The number of aryl methyl sites for hydroxylation is 3. The average Bonchev–Trinajstić information content (AvgIpc) is 3.68. The molecule has 3 N–H and O–H groups in total. The van der Waals surface area contributed by atoms with E-state index in [1.807, 2.05) is 34.5 Å². The molecule has 4 fully saturated rings. The van der Waals surface area contributed by atoms with Crippen molar-refractivity contribution in [1.82, 2.24) is 56.1 Å². The molecule has 0 spiro atoms. The standard InChI is InChI=1S/C18H26N4O3.2C18H28N4O3/c1-18(25)7-5-13(6-8-18)10-22-16(23)14-15(20(2)17(22)24)19-11-21(14)9-12-3-4-12;2*1-12(2)9-21-11-19-15-14(21)16(23)22(17(24)20(15)4)10-13-5-7-18(3,25)8-6-13/h11-13,25H,3-10H2,1-2H3;2*11-13,25H,5-10H2,1-4H3. The minimum Gasteiger partial charge on any atom is -0.390 e. The molecule has 0 unspecified atom stereocenters. The highest BCUT2D eigenvalue weighted by Crippen LogP contribution is 2.35. The summed E-state index contributed by atoms with van der Waals surface area (Å²) in [5.41, 5.74) is -0.626. The quantitative estimate of drug-likeness (QED) is 0.156. The van der Waals surface area contributed by atoms with Crippen LogP contribution in [0, 0.1) is 35.5 Å².